The largest absolute Gasteiger partial charge is 0.458 e. The number of carbonyl (C=O) groups is 6. The van der Waals surface area contributed by atoms with Crippen LogP contribution in [0.5, 0.6) is 0 Å². The second kappa shape index (κ2) is 19.1. The van der Waals surface area contributed by atoms with Crippen molar-refractivity contribution in [2.24, 2.45) is 0 Å². The molecule has 1 aromatic carbocycles. The van der Waals surface area contributed by atoms with Crippen molar-refractivity contribution in [2.45, 2.75) is 78.9 Å². The molecule has 1 unspecified atom stereocenters. The minimum atomic E-state index is -1.42. The van der Waals surface area contributed by atoms with Gasteiger partial charge in [-0.2, -0.15) is 0 Å². The van der Waals surface area contributed by atoms with Gasteiger partial charge in [0.1, 0.15) is 19.8 Å². The molecule has 0 bridgehead atoms. The number of esters is 3. The molecular weight excluding hydrogens is 652 g/mol. The maximum Gasteiger partial charge on any atom is 0.410 e. The van der Waals surface area contributed by atoms with Crippen LogP contribution in [0.2, 0.25) is 0 Å². The van der Waals surface area contributed by atoms with E-state index in [1.54, 1.807) is 52.0 Å². The second-order valence-electron chi connectivity index (χ2n) is 12.6. The molecule has 1 rings (SSSR count). The number of alkyl carbamates (subject to hydrolysis) is 2. The number of ether oxygens (including phenoxy) is 6. The highest BCUT2D eigenvalue weighted by molar-refractivity contribution is 5.95. The Bertz CT molecular complexity index is 1340. The molecule has 0 saturated carbocycles. The molecule has 0 aliphatic rings. The van der Waals surface area contributed by atoms with E-state index < -0.39 is 85.8 Å². The van der Waals surface area contributed by atoms with Crippen LogP contribution in [0.15, 0.2) is 72.9 Å². The van der Waals surface area contributed by atoms with E-state index in [0.717, 1.165) is 0 Å². The monoisotopic (exact) mass is 700 g/mol. The zero-order valence-corrected chi connectivity index (χ0v) is 30.0. The Morgan fingerprint density at radius 3 is 1.44 bits per heavy atom. The molecule has 14 nitrogen and oxygen atoms in total. The summed E-state index contributed by atoms with van der Waals surface area (Å²) in [5.74, 6) is -2.60. The molecule has 0 aliphatic carbocycles. The summed E-state index contributed by atoms with van der Waals surface area (Å²) in [6.45, 7) is 24.9. The van der Waals surface area contributed by atoms with Gasteiger partial charge in [0.25, 0.3) is 0 Å². The van der Waals surface area contributed by atoms with E-state index in [0.29, 0.717) is 11.1 Å². The van der Waals surface area contributed by atoms with E-state index in [1.165, 1.54) is 27.7 Å². The third-order valence-electron chi connectivity index (χ3n) is 6.72. The number of hydrogen-bond donors (Lipinski definition) is 2. The predicted molar refractivity (Wildman–Crippen MR) is 182 cm³/mol. The van der Waals surface area contributed by atoms with Crippen molar-refractivity contribution in [2.75, 3.05) is 26.4 Å². The number of benzene rings is 1. The predicted octanol–water partition coefficient (Wildman–Crippen LogP) is 4.82. The maximum absolute atomic E-state index is 13.0. The first-order valence-corrected chi connectivity index (χ1v) is 15.4. The van der Waals surface area contributed by atoms with E-state index in [-0.39, 0.29) is 22.3 Å². The molecule has 1 atom stereocenters. The topological polar surface area (TPSA) is 182 Å². The second-order valence-corrected chi connectivity index (χ2v) is 12.6. The van der Waals surface area contributed by atoms with Crippen LogP contribution in [-0.2, 0) is 58.7 Å². The molecule has 0 aromatic heterocycles. The molecule has 0 spiro atoms. The van der Waals surface area contributed by atoms with Crippen LogP contribution in [0.4, 0.5) is 9.59 Å². The van der Waals surface area contributed by atoms with E-state index in [9.17, 15) is 28.8 Å². The van der Waals surface area contributed by atoms with Crippen LogP contribution >= 0.6 is 0 Å². The van der Waals surface area contributed by atoms with E-state index in [1.807, 2.05) is 0 Å². The summed E-state index contributed by atoms with van der Waals surface area (Å²) < 4.78 is 31.4. The van der Waals surface area contributed by atoms with Crippen molar-refractivity contribution in [3.63, 3.8) is 0 Å². The number of rotatable bonds is 19. The van der Waals surface area contributed by atoms with Gasteiger partial charge in [-0.1, -0.05) is 50.6 Å². The highest BCUT2D eigenvalue weighted by Crippen LogP contribution is 2.27. The number of nitrogens with one attached hydrogen (secondary N) is 2. The highest BCUT2D eigenvalue weighted by Gasteiger charge is 2.31. The van der Waals surface area contributed by atoms with Gasteiger partial charge in [0.2, 0.25) is 6.29 Å². The van der Waals surface area contributed by atoms with E-state index >= 15 is 0 Å². The van der Waals surface area contributed by atoms with Crippen LogP contribution in [-0.4, -0.2) is 74.7 Å². The van der Waals surface area contributed by atoms with Crippen LogP contribution in [0.1, 0.15) is 66.5 Å². The van der Waals surface area contributed by atoms with Gasteiger partial charge in [0, 0.05) is 16.7 Å². The molecule has 1 aromatic rings. The Hall–Kier alpha value is -5.24. The normalized spacial score (nSPS) is 11.7. The fourth-order valence-corrected chi connectivity index (χ4v) is 3.66. The van der Waals surface area contributed by atoms with Crippen molar-refractivity contribution >= 4 is 35.9 Å². The Kier molecular flexibility index (Phi) is 16.3. The molecule has 0 fully saturated rings. The molecular formula is C36H48N2O12. The summed E-state index contributed by atoms with van der Waals surface area (Å²) >= 11 is 0. The smallest absolute Gasteiger partial charge is 0.410 e. The van der Waals surface area contributed by atoms with Crippen molar-refractivity contribution in [3.05, 3.63) is 84.0 Å². The Morgan fingerprint density at radius 1 is 0.640 bits per heavy atom. The molecule has 274 valence electrons. The summed E-state index contributed by atoms with van der Waals surface area (Å²) in [5, 5.41) is 5.47. The number of Topliss-reactive ketones (excluding diaryl/α,β-unsaturated/α-hetero) is 1. The molecule has 2 N–H and O–H groups in total. The third-order valence-corrected chi connectivity index (χ3v) is 6.72. The van der Waals surface area contributed by atoms with Gasteiger partial charge >= 0.3 is 30.1 Å². The van der Waals surface area contributed by atoms with Crippen molar-refractivity contribution in [1.29, 1.82) is 0 Å². The van der Waals surface area contributed by atoms with Gasteiger partial charge in [-0.3, -0.25) is 4.79 Å². The molecule has 50 heavy (non-hydrogen) atoms. The first-order chi connectivity index (χ1) is 23.0. The molecule has 14 heteroatoms. The molecule has 0 saturated heterocycles. The molecule has 0 radical (unpaired) electrons. The number of hydrogen-bond acceptors (Lipinski definition) is 12. The average molecular weight is 701 g/mol. The first kappa shape index (κ1) is 42.8. The van der Waals surface area contributed by atoms with Crippen LogP contribution < -0.4 is 10.6 Å². The number of carbonyl (C=O) groups excluding carboxylic acids is 6. The van der Waals surface area contributed by atoms with Crippen molar-refractivity contribution in [3.8, 4) is 0 Å². The van der Waals surface area contributed by atoms with E-state index in [4.69, 9.17) is 28.4 Å². The summed E-state index contributed by atoms with van der Waals surface area (Å²) in [6, 6.07) is 6.96. The van der Waals surface area contributed by atoms with Gasteiger partial charge in [0.05, 0.1) is 11.1 Å². The van der Waals surface area contributed by atoms with Crippen molar-refractivity contribution < 1.29 is 57.2 Å². The van der Waals surface area contributed by atoms with Gasteiger partial charge in [-0.15, -0.1) is 0 Å². The summed E-state index contributed by atoms with van der Waals surface area (Å²) in [4.78, 5) is 73.7. The number of ketones is 1. The quantitative estimate of drug-likeness (QED) is 0.0870. The minimum Gasteiger partial charge on any atom is -0.458 e. The summed E-state index contributed by atoms with van der Waals surface area (Å²) in [6.07, 6.45) is -4.40. The highest BCUT2D eigenvalue weighted by atomic mass is 16.7. The van der Waals surface area contributed by atoms with Crippen molar-refractivity contribution in [1.82, 2.24) is 10.6 Å². The lowest BCUT2D eigenvalue weighted by Gasteiger charge is -2.31. The lowest BCUT2D eigenvalue weighted by Crippen LogP contribution is -2.45. The SMILES string of the molecule is C=C(C)C(=O)COC(COC(=O)C(=C)C)OC(=O)NC(C)(C)c1cccc(C(C)(C)NC(=O)OC(COC(=O)C(=C)C)COC(=O)C(=C)C)c1. The van der Waals surface area contributed by atoms with E-state index in [2.05, 4.69) is 36.9 Å². The lowest BCUT2D eigenvalue weighted by molar-refractivity contribution is -0.165. The van der Waals surface area contributed by atoms with Crippen LogP contribution in [0.25, 0.3) is 0 Å². The fraction of sp³-hybridized carbons (Fsp3) is 0.444. The number of amides is 2. The van der Waals surface area contributed by atoms with Gasteiger partial charge in [-0.05, 0) is 72.1 Å². The van der Waals surface area contributed by atoms with Crippen LogP contribution in [0.3, 0.4) is 0 Å². The van der Waals surface area contributed by atoms with Gasteiger partial charge in [0.15, 0.2) is 18.5 Å². The first-order valence-electron chi connectivity index (χ1n) is 15.4. The standard InChI is InChI=1S/C36H48N2O12/c1-21(2)28(39)19-45-29(20-48-32(42)24(7)8)50-34(44)38-36(11,12)26-15-13-14-25(16-26)35(9,10)37-33(43)49-27(17-46-30(40)22(3)4)18-47-31(41)23(5)6/h13-16,27,29H,1,3,5,7,17-20H2,2,4,6,8-12H3,(H,37,43)(H,38,44). The molecule has 0 heterocycles. The third kappa shape index (κ3) is 14.9. The molecule has 0 aliphatic heterocycles. The Balaban J connectivity index is 3.07. The Morgan fingerprint density at radius 2 is 1.04 bits per heavy atom. The zero-order chi connectivity index (χ0) is 38.4. The van der Waals surface area contributed by atoms with Crippen LogP contribution in [0, 0.1) is 0 Å². The zero-order valence-electron chi connectivity index (χ0n) is 30.0. The fourth-order valence-electron chi connectivity index (χ4n) is 3.66. The minimum absolute atomic E-state index is 0.117. The average Bonchev–Trinajstić information content (AvgIpc) is 3.01. The summed E-state index contributed by atoms with van der Waals surface area (Å²) in [5.41, 5.74) is -0.272. The summed E-state index contributed by atoms with van der Waals surface area (Å²) in [7, 11) is 0. The lowest BCUT2D eigenvalue weighted by atomic mass is 9.87. The Labute approximate surface area is 292 Å². The van der Waals surface area contributed by atoms with Gasteiger partial charge in [-0.25, -0.2) is 24.0 Å². The molecule has 2 amide bonds. The van der Waals surface area contributed by atoms with Gasteiger partial charge < -0.3 is 39.1 Å². The maximum atomic E-state index is 13.0.